The van der Waals surface area contributed by atoms with E-state index in [0.29, 0.717) is 5.56 Å². The van der Waals surface area contributed by atoms with Crippen LogP contribution < -0.4 is 16.5 Å². The summed E-state index contributed by atoms with van der Waals surface area (Å²) in [7, 11) is -3.96. The molecule has 0 aliphatic rings. The molecule has 5 N–H and O–H groups in total. The predicted molar refractivity (Wildman–Crippen MR) is 140 cm³/mol. The Labute approximate surface area is 213 Å². The normalized spacial score (nSPS) is 12.6. The number of amides is 2. The van der Waals surface area contributed by atoms with E-state index in [0.717, 1.165) is 11.6 Å². The molecule has 0 saturated heterocycles. The minimum absolute atomic E-state index is 0.0149. The van der Waals surface area contributed by atoms with Crippen molar-refractivity contribution >= 4 is 50.3 Å². The first-order valence-corrected chi connectivity index (χ1v) is 12.8. The number of hydrazone groups is 1. The molecule has 0 bridgehead atoms. The number of phenols is 1. The number of benzene rings is 3. The summed E-state index contributed by atoms with van der Waals surface area (Å²) in [6, 6.07) is 16.9. The fourth-order valence-electron chi connectivity index (χ4n) is 3.45. The van der Waals surface area contributed by atoms with Crippen LogP contribution in [0.5, 0.6) is 5.75 Å². The number of rotatable bonds is 8. The van der Waals surface area contributed by atoms with Crippen LogP contribution in [0.3, 0.4) is 0 Å². The molecule has 188 valence electrons. The predicted octanol–water partition coefficient (Wildman–Crippen LogP) is 3.85. The van der Waals surface area contributed by atoms with Gasteiger partial charge >= 0.3 is 0 Å². The molecule has 0 aliphatic heterocycles. The Kier molecular flexibility index (Phi) is 8.33. The number of anilines is 2. The highest BCUT2D eigenvalue weighted by Gasteiger charge is 2.33. The van der Waals surface area contributed by atoms with Gasteiger partial charge in [0.2, 0.25) is 5.91 Å². The second-order valence-electron chi connectivity index (χ2n) is 7.89. The van der Waals surface area contributed by atoms with Crippen LogP contribution in [0.4, 0.5) is 11.4 Å². The Morgan fingerprint density at radius 3 is 2.25 bits per heavy atom. The first-order chi connectivity index (χ1) is 17.1. The van der Waals surface area contributed by atoms with Crippen LogP contribution in [0.2, 0.25) is 5.02 Å². The van der Waals surface area contributed by atoms with E-state index in [-0.39, 0.29) is 33.4 Å². The van der Waals surface area contributed by atoms with Crippen molar-refractivity contribution in [3.8, 4) is 5.75 Å². The average Bonchev–Trinajstić information content (AvgIpc) is 2.84. The van der Waals surface area contributed by atoms with Gasteiger partial charge in [-0.2, -0.15) is 5.10 Å². The van der Waals surface area contributed by atoms with Crippen molar-refractivity contribution in [3.63, 3.8) is 0 Å². The number of sulfone groups is 1. The van der Waals surface area contributed by atoms with Gasteiger partial charge in [0.05, 0.1) is 21.3 Å². The van der Waals surface area contributed by atoms with Gasteiger partial charge < -0.3 is 21.6 Å². The molecule has 3 aromatic carbocycles. The number of carbonyl (C=O) groups is 2. The maximum atomic E-state index is 12.9. The number of nitrogens with one attached hydrogen (secondary N) is 2. The van der Waals surface area contributed by atoms with Gasteiger partial charge in [-0.1, -0.05) is 66.6 Å². The quantitative estimate of drug-likeness (QED) is 0.151. The highest BCUT2D eigenvalue weighted by Crippen LogP contribution is 2.34. The van der Waals surface area contributed by atoms with Gasteiger partial charge in [0.25, 0.3) is 5.91 Å². The Balaban J connectivity index is 1.80. The van der Waals surface area contributed by atoms with Gasteiger partial charge in [0.15, 0.2) is 15.5 Å². The highest BCUT2D eigenvalue weighted by atomic mass is 35.5. The van der Waals surface area contributed by atoms with Crippen LogP contribution in [0.25, 0.3) is 0 Å². The summed E-state index contributed by atoms with van der Waals surface area (Å²) < 4.78 is 25.9. The maximum absolute atomic E-state index is 12.9. The Morgan fingerprint density at radius 2 is 1.67 bits per heavy atom. The molecular weight excluding hydrogens is 504 g/mol. The van der Waals surface area contributed by atoms with Crippen LogP contribution in [0.15, 0.2) is 76.7 Å². The Morgan fingerprint density at radius 1 is 1.03 bits per heavy atom. The van der Waals surface area contributed by atoms with Gasteiger partial charge in [0, 0.05) is 11.6 Å². The van der Waals surface area contributed by atoms with Crippen molar-refractivity contribution in [2.24, 2.45) is 10.9 Å². The first kappa shape index (κ1) is 26.7. The summed E-state index contributed by atoms with van der Waals surface area (Å²) in [5.41, 5.74) is 1.31. The minimum Gasteiger partial charge on any atom is -0.506 e. The number of aryl methyl sites for hydroxylation is 1. The molecule has 0 fully saturated rings. The lowest BCUT2D eigenvalue weighted by molar-refractivity contribution is -0.116. The number of aromatic hydroxyl groups is 1. The zero-order chi connectivity index (χ0) is 26.5. The summed E-state index contributed by atoms with van der Waals surface area (Å²) in [6.45, 7) is 3.47. The van der Waals surface area contributed by atoms with Crippen LogP contribution in [-0.4, -0.2) is 36.3 Å². The number of nitrogens with two attached hydrogens (primary N) is 1. The number of hydrogen-bond donors (Lipinski definition) is 4. The molecule has 2 amide bonds. The lowest BCUT2D eigenvalue weighted by Gasteiger charge is -2.17. The molecule has 9 nitrogen and oxygen atoms in total. The van der Waals surface area contributed by atoms with Gasteiger partial charge in [-0.05, 0) is 31.5 Å². The number of hydrogen-bond acceptors (Lipinski definition) is 7. The molecule has 1 atom stereocenters. The highest BCUT2D eigenvalue weighted by molar-refractivity contribution is 7.92. The summed E-state index contributed by atoms with van der Waals surface area (Å²) in [4.78, 5) is 25.6. The SMILES string of the molecule is CCC(C(=O)Nc1cc(O)c(NC(=O)/C(=N/N)c2ccc(C)cc2)cc1Cl)S(=O)(=O)c1ccccc1. The van der Waals surface area contributed by atoms with Gasteiger partial charge in [-0.15, -0.1) is 0 Å². The Bertz CT molecular complexity index is 1410. The zero-order valence-electron chi connectivity index (χ0n) is 19.5. The number of halogens is 1. The lowest BCUT2D eigenvalue weighted by atomic mass is 10.1. The second-order valence-corrected chi connectivity index (χ2v) is 10.4. The van der Waals surface area contributed by atoms with E-state index in [2.05, 4.69) is 15.7 Å². The fraction of sp³-hybridized carbons (Fsp3) is 0.160. The molecule has 3 aromatic rings. The third kappa shape index (κ3) is 5.84. The van der Waals surface area contributed by atoms with Crippen LogP contribution in [0, 0.1) is 6.92 Å². The van der Waals surface area contributed by atoms with Gasteiger partial charge in [-0.3, -0.25) is 9.59 Å². The smallest absolute Gasteiger partial charge is 0.276 e. The standard InChI is InChI=1S/C25H25ClN4O5S/c1-3-22(36(34,35)17-7-5-4-6-8-17)24(32)28-19-14-21(31)20(13-18(19)26)29-25(33)23(30-27)16-11-9-15(2)10-12-16/h4-14,22,31H,3,27H2,1-2H3,(H,28,32)(H,29,33)/b30-23+. The molecular formula is C25H25ClN4O5S. The Hall–Kier alpha value is -3.89. The van der Waals surface area contributed by atoms with Gasteiger partial charge in [-0.25, -0.2) is 8.42 Å². The largest absolute Gasteiger partial charge is 0.506 e. The number of phenolic OH excluding ortho intramolecular Hbond substituents is 1. The van der Waals surface area contributed by atoms with Crippen molar-refractivity contribution in [1.82, 2.24) is 0 Å². The molecule has 36 heavy (non-hydrogen) atoms. The van der Waals surface area contributed by atoms with Crippen LogP contribution >= 0.6 is 11.6 Å². The molecule has 0 aromatic heterocycles. The molecule has 11 heteroatoms. The number of carbonyl (C=O) groups excluding carboxylic acids is 2. The van der Waals surface area contributed by atoms with E-state index in [4.69, 9.17) is 17.4 Å². The van der Waals surface area contributed by atoms with E-state index >= 15 is 0 Å². The van der Waals surface area contributed by atoms with Crippen LogP contribution in [-0.2, 0) is 19.4 Å². The lowest BCUT2D eigenvalue weighted by Crippen LogP contribution is -2.34. The average molecular weight is 529 g/mol. The second kappa shape index (κ2) is 11.2. The monoisotopic (exact) mass is 528 g/mol. The molecule has 0 aliphatic carbocycles. The third-order valence-corrected chi connectivity index (χ3v) is 7.91. The minimum atomic E-state index is -3.96. The number of nitrogens with zero attached hydrogens (tertiary/aromatic N) is 1. The van der Waals surface area contributed by atoms with E-state index < -0.39 is 32.7 Å². The third-order valence-electron chi connectivity index (χ3n) is 5.37. The fourth-order valence-corrected chi connectivity index (χ4v) is 5.30. The summed E-state index contributed by atoms with van der Waals surface area (Å²) in [5.74, 6) is 3.49. The molecule has 1 unspecified atom stereocenters. The van der Waals surface area contributed by atoms with E-state index in [1.165, 1.54) is 18.2 Å². The van der Waals surface area contributed by atoms with Crippen molar-refractivity contribution < 1.29 is 23.1 Å². The van der Waals surface area contributed by atoms with E-state index in [1.54, 1.807) is 49.4 Å². The topological polar surface area (TPSA) is 151 Å². The van der Waals surface area contributed by atoms with Crippen molar-refractivity contribution in [2.45, 2.75) is 30.4 Å². The van der Waals surface area contributed by atoms with Crippen LogP contribution in [0.1, 0.15) is 24.5 Å². The van der Waals surface area contributed by atoms with Gasteiger partial charge in [0.1, 0.15) is 11.0 Å². The van der Waals surface area contributed by atoms with E-state index in [1.807, 2.05) is 6.92 Å². The van der Waals surface area contributed by atoms with Crippen molar-refractivity contribution in [3.05, 3.63) is 82.9 Å². The van der Waals surface area contributed by atoms with Crippen molar-refractivity contribution in [1.29, 1.82) is 0 Å². The van der Waals surface area contributed by atoms with E-state index in [9.17, 15) is 23.1 Å². The summed E-state index contributed by atoms with van der Waals surface area (Å²) in [6.07, 6.45) is 0.0149. The maximum Gasteiger partial charge on any atom is 0.276 e. The summed E-state index contributed by atoms with van der Waals surface area (Å²) in [5, 5.41) is 17.5. The zero-order valence-corrected chi connectivity index (χ0v) is 21.1. The summed E-state index contributed by atoms with van der Waals surface area (Å²) >= 11 is 6.27. The molecule has 3 rings (SSSR count). The molecule has 0 radical (unpaired) electrons. The molecule has 0 heterocycles. The molecule has 0 saturated carbocycles. The first-order valence-electron chi connectivity index (χ1n) is 10.9. The molecule has 0 spiro atoms. The van der Waals surface area contributed by atoms with Crippen molar-refractivity contribution in [2.75, 3.05) is 10.6 Å².